The van der Waals surface area contributed by atoms with E-state index in [0.717, 1.165) is 6.42 Å². The van der Waals surface area contributed by atoms with Crippen LogP contribution in [0.4, 0.5) is 0 Å². The molecule has 2 atom stereocenters. The van der Waals surface area contributed by atoms with Crippen LogP contribution in [-0.2, 0) is 0 Å². The highest BCUT2D eigenvalue weighted by Gasteiger charge is 2.21. The zero-order valence-electron chi connectivity index (χ0n) is 9.48. The predicted molar refractivity (Wildman–Crippen MR) is 66.5 cm³/mol. The molecule has 78 valence electrons. The molecule has 0 aromatic heterocycles. The first-order valence-electron chi connectivity index (χ1n) is 5.86. The third kappa shape index (κ3) is 1.90. The summed E-state index contributed by atoms with van der Waals surface area (Å²) in [7, 11) is 0. The molecule has 0 radical (unpaired) electrons. The summed E-state index contributed by atoms with van der Waals surface area (Å²) in [5, 5.41) is 0. The van der Waals surface area contributed by atoms with Crippen LogP contribution in [0.5, 0.6) is 0 Å². The summed E-state index contributed by atoms with van der Waals surface area (Å²) in [6.07, 6.45) is 19.2. The smallest absolute Gasteiger partial charge is 0.0167 e. The second kappa shape index (κ2) is 4.48. The number of allylic oxidation sites excluding steroid dienone is 10. The molecule has 3 aliphatic carbocycles. The van der Waals surface area contributed by atoms with E-state index in [2.05, 4.69) is 48.6 Å². The van der Waals surface area contributed by atoms with E-state index in [-0.39, 0.29) is 0 Å². The van der Waals surface area contributed by atoms with Crippen LogP contribution in [0.1, 0.15) is 20.3 Å². The van der Waals surface area contributed by atoms with Crippen molar-refractivity contribution >= 4 is 0 Å². The molecule has 0 bridgehead atoms. The quantitative estimate of drug-likeness (QED) is 0.512. The lowest BCUT2D eigenvalue weighted by Crippen LogP contribution is -1.94. The van der Waals surface area contributed by atoms with Crippen molar-refractivity contribution in [1.82, 2.24) is 0 Å². The monoisotopic (exact) mass is 198 g/mol. The molecule has 3 rings (SSSR count). The third-order valence-electron chi connectivity index (χ3n) is 3.05. The van der Waals surface area contributed by atoms with Crippen molar-refractivity contribution in [2.45, 2.75) is 20.3 Å². The van der Waals surface area contributed by atoms with Gasteiger partial charge in [0.05, 0.1) is 0 Å². The molecule has 0 aliphatic heterocycles. The van der Waals surface area contributed by atoms with Crippen LogP contribution in [0.15, 0.2) is 59.8 Å². The first-order valence-corrected chi connectivity index (χ1v) is 5.86. The first-order chi connectivity index (χ1) is 7.43. The number of rotatable bonds is 0. The average Bonchev–Trinajstić information content (AvgIpc) is 2.87. The van der Waals surface area contributed by atoms with E-state index in [4.69, 9.17) is 0 Å². The van der Waals surface area contributed by atoms with Crippen molar-refractivity contribution in [2.75, 3.05) is 0 Å². The molecule has 0 heteroatoms. The molecule has 3 aliphatic rings. The highest BCUT2D eigenvalue weighted by molar-refractivity contribution is 5.43. The van der Waals surface area contributed by atoms with Gasteiger partial charge < -0.3 is 0 Å². The van der Waals surface area contributed by atoms with Gasteiger partial charge in [0.2, 0.25) is 0 Å². The van der Waals surface area contributed by atoms with E-state index >= 15 is 0 Å². The summed E-state index contributed by atoms with van der Waals surface area (Å²) in [5.74, 6) is 1.17. The minimum Gasteiger partial charge on any atom is -0.0766 e. The molecule has 0 aromatic rings. The molecular formula is C15H18. The van der Waals surface area contributed by atoms with Gasteiger partial charge in [0, 0.05) is 11.8 Å². The van der Waals surface area contributed by atoms with Gasteiger partial charge in [0.1, 0.15) is 0 Å². The summed E-state index contributed by atoms with van der Waals surface area (Å²) < 4.78 is 0. The maximum Gasteiger partial charge on any atom is 0.0167 e. The minimum absolute atomic E-state index is 0.583. The second-order valence-electron chi connectivity index (χ2n) is 3.87. The fourth-order valence-corrected chi connectivity index (χ4v) is 2.27. The Labute approximate surface area is 92.4 Å². The van der Waals surface area contributed by atoms with E-state index in [1.165, 1.54) is 0 Å². The van der Waals surface area contributed by atoms with Gasteiger partial charge in [0.15, 0.2) is 0 Å². The van der Waals surface area contributed by atoms with Gasteiger partial charge in [-0.1, -0.05) is 73.6 Å². The molecule has 0 heterocycles. The van der Waals surface area contributed by atoms with Crippen molar-refractivity contribution < 1.29 is 0 Å². The van der Waals surface area contributed by atoms with Crippen LogP contribution < -0.4 is 0 Å². The zero-order chi connectivity index (χ0) is 10.7. The Balaban J connectivity index is 0.000000404. The van der Waals surface area contributed by atoms with E-state index in [0.29, 0.717) is 11.8 Å². The number of hydrogen-bond acceptors (Lipinski definition) is 0. The minimum atomic E-state index is 0.583. The van der Waals surface area contributed by atoms with Crippen molar-refractivity contribution in [1.29, 1.82) is 0 Å². The Morgan fingerprint density at radius 2 is 1.27 bits per heavy atom. The summed E-state index contributed by atoms with van der Waals surface area (Å²) in [4.78, 5) is 0. The number of hydrogen-bond donors (Lipinski definition) is 0. The zero-order valence-corrected chi connectivity index (χ0v) is 9.48. The highest BCUT2D eigenvalue weighted by Crippen LogP contribution is 2.36. The van der Waals surface area contributed by atoms with Gasteiger partial charge >= 0.3 is 0 Å². The third-order valence-corrected chi connectivity index (χ3v) is 3.05. The normalized spacial score (nSPS) is 29.7. The largest absolute Gasteiger partial charge is 0.0766 e. The second-order valence-corrected chi connectivity index (χ2v) is 3.87. The lowest BCUT2D eigenvalue weighted by Gasteiger charge is -2.08. The lowest BCUT2D eigenvalue weighted by molar-refractivity contribution is 0.900. The molecular weight excluding hydrogens is 180 g/mol. The summed E-state index contributed by atoms with van der Waals surface area (Å²) in [5.41, 5.74) is 3.10. The SMILES string of the molecule is C1=CC2C=CC3C=CC=C3CC2=C1.CC. The van der Waals surface area contributed by atoms with Crippen molar-refractivity contribution in [3.63, 3.8) is 0 Å². The summed E-state index contributed by atoms with van der Waals surface area (Å²) in [6, 6.07) is 0. The average molecular weight is 198 g/mol. The van der Waals surface area contributed by atoms with Crippen LogP contribution in [-0.4, -0.2) is 0 Å². The molecule has 0 saturated carbocycles. The van der Waals surface area contributed by atoms with E-state index < -0.39 is 0 Å². The van der Waals surface area contributed by atoms with Crippen molar-refractivity contribution in [3.8, 4) is 0 Å². The maximum absolute atomic E-state index is 2.33. The Morgan fingerprint density at radius 3 is 1.73 bits per heavy atom. The van der Waals surface area contributed by atoms with E-state index in [1.807, 2.05) is 13.8 Å². The molecule has 0 aromatic carbocycles. The predicted octanol–water partition coefficient (Wildman–Crippen LogP) is 4.20. The van der Waals surface area contributed by atoms with Crippen molar-refractivity contribution in [2.24, 2.45) is 11.8 Å². The first kappa shape index (κ1) is 10.2. The van der Waals surface area contributed by atoms with Gasteiger partial charge in [-0.15, -0.1) is 0 Å². The van der Waals surface area contributed by atoms with Crippen LogP contribution >= 0.6 is 0 Å². The summed E-state index contributed by atoms with van der Waals surface area (Å²) in [6.45, 7) is 4.00. The Kier molecular flexibility index (Phi) is 3.05. The molecule has 0 saturated heterocycles. The maximum atomic E-state index is 2.33. The Bertz CT molecular complexity index is 339. The van der Waals surface area contributed by atoms with Gasteiger partial charge in [-0.3, -0.25) is 0 Å². The van der Waals surface area contributed by atoms with Crippen LogP contribution in [0.25, 0.3) is 0 Å². The fraction of sp³-hybridized carbons (Fsp3) is 0.333. The Hall–Kier alpha value is -1.30. The lowest BCUT2D eigenvalue weighted by atomic mass is 9.96. The highest BCUT2D eigenvalue weighted by atomic mass is 14.3. The topological polar surface area (TPSA) is 0 Å². The molecule has 0 fully saturated rings. The van der Waals surface area contributed by atoms with Crippen molar-refractivity contribution in [3.05, 3.63) is 59.8 Å². The van der Waals surface area contributed by atoms with Crippen LogP contribution in [0, 0.1) is 11.8 Å². The van der Waals surface area contributed by atoms with Gasteiger partial charge in [-0.25, -0.2) is 0 Å². The van der Waals surface area contributed by atoms with Crippen LogP contribution in [0.2, 0.25) is 0 Å². The molecule has 0 amide bonds. The van der Waals surface area contributed by atoms with E-state index in [1.54, 1.807) is 11.1 Å². The van der Waals surface area contributed by atoms with Gasteiger partial charge in [-0.05, 0) is 6.42 Å². The van der Waals surface area contributed by atoms with Crippen LogP contribution in [0.3, 0.4) is 0 Å². The molecule has 15 heavy (non-hydrogen) atoms. The van der Waals surface area contributed by atoms with E-state index in [9.17, 15) is 0 Å². The molecule has 0 spiro atoms. The summed E-state index contributed by atoms with van der Waals surface area (Å²) >= 11 is 0. The molecule has 2 unspecified atom stereocenters. The Morgan fingerprint density at radius 1 is 0.800 bits per heavy atom. The van der Waals surface area contributed by atoms with Gasteiger partial charge in [-0.2, -0.15) is 0 Å². The standard InChI is InChI=1S/C13H12.C2H6/c1-3-10-7-8-11-4-2-6-13(11)9-12(10)5-1;1-2/h1-8,10-11H,9H2;1-2H3. The van der Waals surface area contributed by atoms with Gasteiger partial charge in [0.25, 0.3) is 0 Å². The number of fused-ring (bicyclic) bond motifs is 2. The fourth-order valence-electron chi connectivity index (χ4n) is 2.27. The molecule has 0 nitrogen and oxygen atoms in total. The molecule has 0 N–H and O–H groups in total.